The molecular formula is C19H16ClFN4O. The number of rotatable bonds is 6. The molecule has 0 radical (unpaired) electrons. The molecule has 3 aromatic rings. The molecule has 132 valence electrons. The molecule has 0 saturated heterocycles. The first kappa shape index (κ1) is 17.8. The summed E-state index contributed by atoms with van der Waals surface area (Å²) in [7, 11) is 0. The zero-order valence-electron chi connectivity index (χ0n) is 13.7. The molecule has 1 amide bonds. The van der Waals surface area contributed by atoms with Gasteiger partial charge >= 0.3 is 0 Å². The zero-order valence-corrected chi connectivity index (χ0v) is 14.5. The van der Waals surface area contributed by atoms with Crippen molar-refractivity contribution in [2.45, 2.75) is 6.42 Å². The van der Waals surface area contributed by atoms with Crippen LogP contribution in [0.4, 0.5) is 15.9 Å². The topological polar surface area (TPSA) is 66.9 Å². The molecule has 0 unspecified atom stereocenters. The van der Waals surface area contributed by atoms with E-state index in [-0.39, 0.29) is 17.4 Å². The fourth-order valence-electron chi connectivity index (χ4n) is 2.33. The monoisotopic (exact) mass is 370 g/mol. The fourth-order valence-corrected chi connectivity index (χ4v) is 2.52. The number of amides is 1. The van der Waals surface area contributed by atoms with E-state index in [0.29, 0.717) is 29.4 Å². The maximum absolute atomic E-state index is 13.5. The summed E-state index contributed by atoms with van der Waals surface area (Å²) in [4.78, 5) is 20.4. The van der Waals surface area contributed by atoms with Crippen molar-refractivity contribution >= 4 is 29.0 Å². The average molecular weight is 371 g/mol. The van der Waals surface area contributed by atoms with E-state index in [0.717, 1.165) is 5.69 Å². The van der Waals surface area contributed by atoms with Gasteiger partial charge in [-0.3, -0.25) is 4.79 Å². The third kappa shape index (κ3) is 4.77. The number of nitrogens with one attached hydrogen (secondary N) is 2. The molecule has 2 aromatic carbocycles. The van der Waals surface area contributed by atoms with Crippen LogP contribution in [0.2, 0.25) is 5.02 Å². The molecule has 1 aromatic heterocycles. The number of anilines is 2. The first-order valence-corrected chi connectivity index (χ1v) is 8.36. The van der Waals surface area contributed by atoms with Crippen molar-refractivity contribution in [2.75, 3.05) is 11.9 Å². The Bertz CT molecular complexity index is 902. The summed E-state index contributed by atoms with van der Waals surface area (Å²) in [5, 5.41) is 6.36. The minimum absolute atomic E-state index is 0.190. The van der Waals surface area contributed by atoms with Gasteiger partial charge in [0.2, 0.25) is 0 Å². The third-order valence-corrected chi connectivity index (χ3v) is 3.85. The van der Waals surface area contributed by atoms with Crippen LogP contribution in [-0.2, 0) is 6.42 Å². The molecule has 0 bridgehead atoms. The number of carbonyl (C=O) groups is 1. The Balaban J connectivity index is 1.54. The highest BCUT2D eigenvalue weighted by atomic mass is 35.5. The van der Waals surface area contributed by atoms with E-state index in [2.05, 4.69) is 20.6 Å². The number of aromatic nitrogens is 2. The standard InChI is InChI=1S/C19H16ClFN4O/c20-14-5-3-6-15(10-14)25-18-12-23-17(11-24-18)19(26)22-9-8-13-4-1-2-7-16(13)21/h1-7,10-12H,8-9H2,(H,22,26)(H,24,25). The van der Waals surface area contributed by atoms with Gasteiger partial charge in [-0.1, -0.05) is 35.9 Å². The SMILES string of the molecule is O=C(NCCc1ccccc1F)c1cnc(Nc2cccc(Cl)c2)cn1. The van der Waals surface area contributed by atoms with Gasteiger partial charge in [-0.25, -0.2) is 14.4 Å². The van der Waals surface area contributed by atoms with Gasteiger partial charge in [0.05, 0.1) is 12.4 Å². The average Bonchev–Trinajstić information content (AvgIpc) is 2.64. The third-order valence-electron chi connectivity index (χ3n) is 3.62. The van der Waals surface area contributed by atoms with Crippen LogP contribution in [0.25, 0.3) is 0 Å². The number of hydrogen-bond donors (Lipinski definition) is 2. The van der Waals surface area contributed by atoms with Gasteiger partial charge in [-0.15, -0.1) is 0 Å². The van der Waals surface area contributed by atoms with Crippen LogP contribution >= 0.6 is 11.6 Å². The number of nitrogens with zero attached hydrogens (tertiary/aromatic N) is 2. The summed E-state index contributed by atoms with van der Waals surface area (Å²) < 4.78 is 13.5. The van der Waals surface area contributed by atoms with Crippen molar-refractivity contribution in [2.24, 2.45) is 0 Å². The van der Waals surface area contributed by atoms with Gasteiger partial charge in [-0.2, -0.15) is 0 Å². The predicted molar refractivity (Wildman–Crippen MR) is 99.2 cm³/mol. The van der Waals surface area contributed by atoms with Crippen LogP contribution in [0.1, 0.15) is 16.1 Å². The highest BCUT2D eigenvalue weighted by Gasteiger charge is 2.08. The molecule has 3 rings (SSSR count). The summed E-state index contributed by atoms with van der Waals surface area (Å²) in [6, 6.07) is 13.7. The number of halogens is 2. The summed E-state index contributed by atoms with van der Waals surface area (Å²) in [6.07, 6.45) is 3.25. The van der Waals surface area contributed by atoms with E-state index >= 15 is 0 Å². The lowest BCUT2D eigenvalue weighted by atomic mass is 10.1. The number of benzene rings is 2. The molecule has 0 aliphatic heterocycles. The van der Waals surface area contributed by atoms with Crippen LogP contribution in [0.5, 0.6) is 0 Å². The summed E-state index contributed by atoms with van der Waals surface area (Å²) in [5.74, 6) is -0.142. The summed E-state index contributed by atoms with van der Waals surface area (Å²) in [5.41, 5.74) is 1.52. The van der Waals surface area contributed by atoms with Gasteiger partial charge in [-0.05, 0) is 36.2 Å². The second-order valence-electron chi connectivity index (χ2n) is 5.52. The minimum atomic E-state index is -0.358. The number of carbonyl (C=O) groups excluding carboxylic acids is 1. The summed E-state index contributed by atoms with van der Waals surface area (Å²) in [6.45, 7) is 0.309. The van der Waals surface area contributed by atoms with E-state index in [1.807, 2.05) is 12.1 Å². The lowest BCUT2D eigenvalue weighted by molar-refractivity contribution is 0.0948. The molecule has 0 fully saturated rings. The minimum Gasteiger partial charge on any atom is -0.350 e. The molecule has 0 spiro atoms. The molecule has 2 N–H and O–H groups in total. The molecule has 0 atom stereocenters. The Hall–Kier alpha value is -2.99. The van der Waals surface area contributed by atoms with Gasteiger partial charge in [0.15, 0.2) is 0 Å². The molecule has 0 saturated carbocycles. The second kappa shape index (κ2) is 8.40. The van der Waals surface area contributed by atoms with E-state index in [1.54, 1.807) is 30.3 Å². The molecule has 1 heterocycles. The molecule has 0 aliphatic rings. The quantitative estimate of drug-likeness (QED) is 0.688. The van der Waals surface area contributed by atoms with E-state index < -0.39 is 0 Å². The van der Waals surface area contributed by atoms with Gasteiger partial charge in [0.1, 0.15) is 17.3 Å². The molecule has 26 heavy (non-hydrogen) atoms. The second-order valence-corrected chi connectivity index (χ2v) is 5.96. The van der Waals surface area contributed by atoms with Crippen LogP contribution in [-0.4, -0.2) is 22.4 Å². The maximum atomic E-state index is 13.5. The lowest BCUT2D eigenvalue weighted by Gasteiger charge is -2.07. The van der Waals surface area contributed by atoms with Crippen LogP contribution in [0.3, 0.4) is 0 Å². The van der Waals surface area contributed by atoms with Crippen molar-refractivity contribution < 1.29 is 9.18 Å². The van der Waals surface area contributed by atoms with E-state index in [9.17, 15) is 9.18 Å². The van der Waals surface area contributed by atoms with Crippen LogP contribution in [0.15, 0.2) is 60.9 Å². The lowest BCUT2D eigenvalue weighted by Crippen LogP contribution is -2.26. The molecule has 7 heteroatoms. The Morgan fingerprint density at radius 2 is 1.92 bits per heavy atom. The van der Waals surface area contributed by atoms with Gasteiger partial charge < -0.3 is 10.6 Å². The van der Waals surface area contributed by atoms with Gasteiger partial charge in [0, 0.05) is 17.3 Å². The summed E-state index contributed by atoms with van der Waals surface area (Å²) >= 11 is 5.93. The molecule has 0 aliphatic carbocycles. The Morgan fingerprint density at radius 3 is 2.65 bits per heavy atom. The Labute approximate surface area is 155 Å². The van der Waals surface area contributed by atoms with Crippen LogP contribution in [0, 0.1) is 5.82 Å². The normalized spacial score (nSPS) is 10.4. The molecular weight excluding hydrogens is 355 g/mol. The van der Waals surface area contributed by atoms with Crippen molar-refractivity contribution in [3.8, 4) is 0 Å². The highest BCUT2D eigenvalue weighted by Crippen LogP contribution is 2.18. The van der Waals surface area contributed by atoms with Crippen molar-refractivity contribution in [3.63, 3.8) is 0 Å². The van der Waals surface area contributed by atoms with Crippen molar-refractivity contribution in [1.29, 1.82) is 0 Å². The molecule has 5 nitrogen and oxygen atoms in total. The zero-order chi connectivity index (χ0) is 18.4. The fraction of sp³-hybridized carbons (Fsp3) is 0.105. The Morgan fingerprint density at radius 1 is 1.08 bits per heavy atom. The Kier molecular flexibility index (Phi) is 5.76. The van der Waals surface area contributed by atoms with Crippen molar-refractivity contribution in [1.82, 2.24) is 15.3 Å². The van der Waals surface area contributed by atoms with Gasteiger partial charge in [0.25, 0.3) is 5.91 Å². The van der Waals surface area contributed by atoms with Crippen molar-refractivity contribution in [3.05, 3.63) is 83.0 Å². The van der Waals surface area contributed by atoms with E-state index in [4.69, 9.17) is 11.6 Å². The van der Waals surface area contributed by atoms with E-state index in [1.165, 1.54) is 18.5 Å². The first-order valence-electron chi connectivity index (χ1n) is 7.98. The number of hydrogen-bond acceptors (Lipinski definition) is 4. The predicted octanol–water partition coefficient (Wildman–Crippen LogP) is 3.99. The first-order chi connectivity index (χ1) is 12.6. The largest absolute Gasteiger partial charge is 0.350 e. The maximum Gasteiger partial charge on any atom is 0.271 e. The highest BCUT2D eigenvalue weighted by molar-refractivity contribution is 6.30. The smallest absolute Gasteiger partial charge is 0.271 e. The van der Waals surface area contributed by atoms with Crippen LogP contribution < -0.4 is 10.6 Å².